The minimum atomic E-state index is -0.256. The van der Waals surface area contributed by atoms with E-state index in [1.165, 1.54) is 0 Å². The molecule has 0 radical (unpaired) electrons. The molecular formula is C13H14BrN3O2. The van der Waals surface area contributed by atoms with Crippen LogP contribution in [0.4, 0.5) is 0 Å². The van der Waals surface area contributed by atoms with Crippen molar-refractivity contribution >= 4 is 32.7 Å². The number of H-pyrrole nitrogens is 2. The van der Waals surface area contributed by atoms with Crippen LogP contribution < -0.4 is 11.0 Å². The molecular weight excluding hydrogens is 310 g/mol. The van der Waals surface area contributed by atoms with Gasteiger partial charge in [0.15, 0.2) is 5.78 Å². The number of piperidine rings is 1. The zero-order valence-electron chi connectivity index (χ0n) is 10.3. The second-order valence-electron chi connectivity index (χ2n) is 4.85. The van der Waals surface area contributed by atoms with Crippen molar-refractivity contribution in [2.24, 2.45) is 5.92 Å². The summed E-state index contributed by atoms with van der Waals surface area (Å²) in [5, 5.41) is 3.25. The van der Waals surface area contributed by atoms with E-state index in [0.717, 1.165) is 30.4 Å². The molecule has 0 aliphatic carbocycles. The van der Waals surface area contributed by atoms with E-state index in [-0.39, 0.29) is 17.4 Å². The molecule has 1 saturated heterocycles. The molecule has 0 saturated carbocycles. The Bertz CT molecular complexity index is 683. The number of aromatic nitrogens is 2. The molecule has 0 atom stereocenters. The zero-order valence-corrected chi connectivity index (χ0v) is 11.8. The number of rotatable bonds is 2. The molecule has 3 N–H and O–H groups in total. The predicted molar refractivity (Wildman–Crippen MR) is 76.5 cm³/mol. The molecule has 0 bridgehead atoms. The molecule has 2 aromatic rings. The monoisotopic (exact) mass is 323 g/mol. The fourth-order valence-electron chi connectivity index (χ4n) is 2.55. The third kappa shape index (κ3) is 2.37. The number of benzene rings is 1. The predicted octanol–water partition coefficient (Wildman–Crippen LogP) is 1.80. The summed E-state index contributed by atoms with van der Waals surface area (Å²) in [6.45, 7) is 1.77. The molecule has 5 nitrogen and oxygen atoms in total. The van der Waals surface area contributed by atoms with Crippen molar-refractivity contribution in [3.63, 3.8) is 0 Å². The first-order valence-corrected chi connectivity index (χ1v) is 7.11. The Morgan fingerprint density at radius 1 is 1.16 bits per heavy atom. The average molecular weight is 324 g/mol. The van der Waals surface area contributed by atoms with Crippen LogP contribution in [-0.2, 0) is 0 Å². The van der Waals surface area contributed by atoms with E-state index in [1.54, 1.807) is 12.1 Å². The molecule has 2 heterocycles. The highest BCUT2D eigenvalue weighted by atomic mass is 79.9. The summed E-state index contributed by atoms with van der Waals surface area (Å²) < 4.78 is 0.735. The summed E-state index contributed by atoms with van der Waals surface area (Å²) in [5.74, 6) is 0.220. The normalized spacial score (nSPS) is 16.9. The lowest BCUT2D eigenvalue weighted by molar-refractivity contribution is 0.0894. The van der Waals surface area contributed by atoms with Gasteiger partial charge in [0.1, 0.15) is 0 Å². The quantitative estimate of drug-likeness (QED) is 0.737. The number of Topliss-reactive ketones (excluding diaryl/α,β-unsaturated/α-hetero) is 1. The lowest BCUT2D eigenvalue weighted by Gasteiger charge is -2.21. The van der Waals surface area contributed by atoms with Crippen molar-refractivity contribution in [1.82, 2.24) is 15.3 Å². The molecule has 0 amide bonds. The van der Waals surface area contributed by atoms with Gasteiger partial charge in [0.05, 0.1) is 11.0 Å². The molecule has 1 fully saturated rings. The highest BCUT2D eigenvalue weighted by Crippen LogP contribution is 2.26. The van der Waals surface area contributed by atoms with Crippen LogP contribution in [0.3, 0.4) is 0 Å². The van der Waals surface area contributed by atoms with E-state index in [0.29, 0.717) is 16.6 Å². The van der Waals surface area contributed by atoms with Crippen LogP contribution in [0.25, 0.3) is 11.0 Å². The number of aromatic amines is 2. The van der Waals surface area contributed by atoms with Crippen molar-refractivity contribution < 1.29 is 4.79 Å². The first kappa shape index (κ1) is 12.6. The average Bonchev–Trinajstić information content (AvgIpc) is 2.77. The summed E-state index contributed by atoms with van der Waals surface area (Å²) in [5.41, 5.74) is 1.77. The van der Waals surface area contributed by atoms with Gasteiger partial charge < -0.3 is 15.3 Å². The Hall–Kier alpha value is -1.40. The number of carbonyl (C=O) groups is 1. The molecule has 1 aromatic carbocycles. The van der Waals surface area contributed by atoms with Gasteiger partial charge in [-0.1, -0.05) is 0 Å². The van der Waals surface area contributed by atoms with E-state index in [4.69, 9.17) is 0 Å². The number of imidazole rings is 1. The molecule has 19 heavy (non-hydrogen) atoms. The number of ketones is 1. The zero-order chi connectivity index (χ0) is 13.4. The van der Waals surface area contributed by atoms with Crippen LogP contribution in [0.1, 0.15) is 23.2 Å². The summed E-state index contributed by atoms with van der Waals surface area (Å²) in [4.78, 5) is 29.1. The van der Waals surface area contributed by atoms with E-state index < -0.39 is 0 Å². The Labute approximate surface area is 117 Å². The van der Waals surface area contributed by atoms with Crippen LogP contribution in [-0.4, -0.2) is 28.8 Å². The third-order valence-electron chi connectivity index (χ3n) is 3.58. The van der Waals surface area contributed by atoms with E-state index in [9.17, 15) is 9.59 Å². The number of hydrogen-bond acceptors (Lipinski definition) is 3. The first-order valence-electron chi connectivity index (χ1n) is 6.31. The molecule has 100 valence electrons. The van der Waals surface area contributed by atoms with Gasteiger partial charge in [-0.15, -0.1) is 0 Å². The van der Waals surface area contributed by atoms with Gasteiger partial charge in [-0.05, 0) is 54.0 Å². The Kier molecular flexibility index (Phi) is 3.28. The van der Waals surface area contributed by atoms with Gasteiger partial charge in [-0.3, -0.25) is 4.79 Å². The number of carbonyl (C=O) groups excluding carboxylic acids is 1. The highest BCUT2D eigenvalue weighted by Gasteiger charge is 2.24. The first-order chi connectivity index (χ1) is 9.15. The lowest BCUT2D eigenvalue weighted by Crippen LogP contribution is -2.32. The van der Waals surface area contributed by atoms with Crippen molar-refractivity contribution in [3.05, 3.63) is 32.7 Å². The molecule has 1 aliphatic rings. The van der Waals surface area contributed by atoms with Gasteiger partial charge in [0.25, 0.3) is 0 Å². The lowest BCUT2D eigenvalue weighted by atomic mass is 9.89. The maximum Gasteiger partial charge on any atom is 0.323 e. The fraction of sp³-hybridized carbons (Fsp3) is 0.385. The van der Waals surface area contributed by atoms with Crippen molar-refractivity contribution in [2.45, 2.75) is 12.8 Å². The largest absolute Gasteiger partial charge is 0.323 e. The Balaban J connectivity index is 2.01. The smallest absolute Gasteiger partial charge is 0.317 e. The minimum Gasteiger partial charge on any atom is -0.317 e. The van der Waals surface area contributed by atoms with Crippen LogP contribution in [0.5, 0.6) is 0 Å². The van der Waals surface area contributed by atoms with E-state index >= 15 is 0 Å². The Morgan fingerprint density at radius 2 is 1.79 bits per heavy atom. The highest BCUT2D eigenvalue weighted by molar-refractivity contribution is 9.10. The number of nitrogens with one attached hydrogen (secondary N) is 3. The van der Waals surface area contributed by atoms with Crippen LogP contribution >= 0.6 is 15.9 Å². The standard InChI is InChI=1S/C13H14BrN3O2/c14-9-6-11-10(16-13(19)17-11)5-8(9)12(18)7-1-3-15-4-2-7/h5-7,15H,1-4H2,(H2,16,17,19). The van der Waals surface area contributed by atoms with Crippen molar-refractivity contribution in [1.29, 1.82) is 0 Å². The van der Waals surface area contributed by atoms with Crippen LogP contribution in [0.15, 0.2) is 21.4 Å². The van der Waals surface area contributed by atoms with Crippen LogP contribution in [0.2, 0.25) is 0 Å². The minimum absolute atomic E-state index is 0.0701. The molecule has 1 aliphatic heterocycles. The van der Waals surface area contributed by atoms with Crippen LogP contribution in [0, 0.1) is 5.92 Å². The summed E-state index contributed by atoms with van der Waals surface area (Å²) >= 11 is 3.42. The maximum absolute atomic E-state index is 12.5. The van der Waals surface area contributed by atoms with Gasteiger partial charge in [-0.25, -0.2) is 4.79 Å². The topological polar surface area (TPSA) is 77.8 Å². The number of hydrogen-bond donors (Lipinski definition) is 3. The molecule has 1 aromatic heterocycles. The van der Waals surface area contributed by atoms with Gasteiger partial charge in [0.2, 0.25) is 0 Å². The number of fused-ring (bicyclic) bond motifs is 1. The third-order valence-corrected chi connectivity index (χ3v) is 4.24. The fourth-order valence-corrected chi connectivity index (χ4v) is 3.09. The van der Waals surface area contributed by atoms with Gasteiger partial charge >= 0.3 is 5.69 Å². The molecule has 0 unspecified atom stereocenters. The maximum atomic E-state index is 12.5. The van der Waals surface area contributed by atoms with E-state index in [2.05, 4.69) is 31.2 Å². The second kappa shape index (κ2) is 4.94. The van der Waals surface area contributed by atoms with Crippen molar-refractivity contribution in [3.8, 4) is 0 Å². The SMILES string of the molecule is O=C(c1cc2[nH]c(=O)[nH]c2cc1Br)C1CCNCC1. The summed E-state index contributed by atoms with van der Waals surface area (Å²) in [6.07, 6.45) is 1.74. The summed E-state index contributed by atoms with van der Waals surface area (Å²) in [7, 11) is 0. The Morgan fingerprint density at radius 3 is 2.47 bits per heavy atom. The second-order valence-corrected chi connectivity index (χ2v) is 5.70. The molecule has 3 rings (SSSR count). The van der Waals surface area contributed by atoms with Crippen molar-refractivity contribution in [2.75, 3.05) is 13.1 Å². The number of halogens is 1. The van der Waals surface area contributed by atoms with Gasteiger partial charge in [0, 0.05) is 16.0 Å². The summed E-state index contributed by atoms with van der Waals surface area (Å²) in [6, 6.07) is 3.53. The van der Waals surface area contributed by atoms with E-state index in [1.807, 2.05) is 0 Å². The molecule has 6 heteroatoms. The molecule has 0 spiro atoms. The van der Waals surface area contributed by atoms with Gasteiger partial charge in [-0.2, -0.15) is 0 Å².